The molecule has 0 aromatic rings. The van der Waals surface area contributed by atoms with E-state index in [9.17, 15) is 9.90 Å². The van der Waals surface area contributed by atoms with Crippen LogP contribution in [0.15, 0.2) is 0 Å². The number of unbranched alkanes of at least 4 members (excludes halogenated alkanes) is 12. The van der Waals surface area contributed by atoms with Crippen LogP contribution in [0.1, 0.15) is 96.8 Å². The number of aliphatic hydroxyl groups excluding tert-OH is 1. The number of carbonyl (C=O) groups is 1. The van der Waals surface area contributed by atoms with Crippen molar-refractivity contribution in [3.8, 4) is 0 Å². The van der Waals surface area contributed by atoms with Crippen molar-refractivity contribution in [1.29, 1.82) is 0 Å². The van der Waals surface area contributed by atoms with E-state index in [4.69, 9.17) is 19.4 Å². The molecule has 0 amide bonds. The van der Waals surface area contributed by atoms with Crippen molar-refractivity contribution >= 4 is 14.1 Å². The van der Waals surface area contributed by atoms with Crippen molar-refractivity contribution in [3.63, 3.8) is 0 Å². The first-order valence-electron chi connectivity index (χ1n) is 10.5. The predicted octanol–water partition coefficient (Wildman–Crippen LogP) is 3.78. The number of ether oxygens (including phenoxy) is 1. The summed E-state index contributed by atoms with van der Waals surface area (Å²) in [7, 11) is -4.63. The predicted molar refractivity (Wildman–Crippen MR) is 108 cm³/mol. The molecule has 0 saturated heterocycles. The molecule has 0 rings (SSSR count). The number of hydrogen-bond acceptors (Lipinski definition) is 7. The molecule has 0 heterocycles. The van der Waals surface area contributed by atoms with Crippen LogP contribution in [0.25, 0.3) is 0 Å². The fourth-order valence-electron chi connectivity index (χ4n) is 2.80. The minimum atomic E-state index is -4.63. The normalized spacial score (nSPS) is 13.5. The van der Waals surface area contributed by atoms with Gasteiger partial charge in [0, 0.05) is 0 Å². The molecule has 0 aromatic carbocycles. The van der Waals surface area contributed by atoms with Gasteiger partial charge in [0.2, 0.25) is 0 Å². The molecule has 0 aliphatic heterocycles. The molecule has 1 unspecified atom stereocenters. The number of carbonyl (C=O) groups excluding carboxylic acids is 1. The average molecular weight is 413 g/mol. The second-order valence-corrected chi connectivity index (χ2v) is 8.65. The van der Waals surface area contributed by atoms with E-state index in [-0.39, 0.29) is 6.61 Å². The Morgan fingerprint density at radius 1 is 0.778 bits per heavy atom. The molecule has 0 fully saturated rings. The van der Waals surface area contributed by atoms with Gasteiger partial charge in [-0.1, -0.05) is 58.3 Å². The van der Waals surface area contributed by atoms with Crippen molar-refractivity contribution in [1.82, 2.24) is 0 Å². The molecule has 0 aromatic heterocycles. The summed E-state index contributed by atoms with van der Waals surface area (Å²) in [6, 6.07) is 0. The van der Waals surface area contributed by atoms with Crippen LogP contribution in [0.3, 0.4) is 0 Å². The van der Waals surface area contributed by atoms with E-state index < -0.39 is 26.9 Å². The second-order valence-electron chi connectivity index (χ2n) is 7.21. The summed E-state index contributed by atoms with van der Waals surface area (Å²) in [5, 5.41) is 9.43. The van der Waals surface area contributed by atoms with E-state index in [0.29, 0.717) is 6.42 Å². The van der Waals surface area contributed by atoms with Gasteiger partial charge in [0.25, 0.3) is 0 Å². The number of hydrogen-bond donors (Lipinski definition) is 4. The zero-order chi connectivity index (χ0) is 20.4. The third-order valence-corrected chi connectivity index (χ3v) is 4.94. The fourth-order valence-corrected chi connectivity index (χ4v) is 3.22. The Labute approximate surface area is 164 Å². The Morgan fingerprint density at radius 3 is 1.67 bits per heavy atom. The van der Waals surface area contributed by atoms with Crippen molar-refractivity contribution in [2.75, 3.05) is 13.2 Å². The van der Waals surface area contributed by atoms with Crippen LogP contribution in [0.2, 0.25) is 0 Å². The van der Waals surface area contributed by atoms with Gasteiger partial charge in [-0.05, 0) is 0 Å². The number of aliphatic hydroxyl groups is 1. The summed E-state index contributed by atoms with van der Waals surface area (Å²) in [6.45, 7) is 1.45. The van der Waals surface area contributed by atoms with E-state index in [2.05, 4.69) is 11.4 Å². The zero-order valence-corrected chi connectivity index (χ0v) is 17.9. The van der Waals surface area contributed by atoms with Crippen LogP contribution in [-0.4, -0.2) is 45.1 Å². The molecule has 0 aliphatic rings. The van der Waals surface area contributed by atoms with Crippen LogP contribution in [-0.2, 0) is 14.1 Å². The molecule has 4 N–H and O–H groups in total. The maximum atomic E-state index is 11.5. The molecule has 164 valence electrons. The Kier molecular flexibility index (Phi) is 17.6. The quantitative estimate of drug-likeness (QED) is 0.145. The molecule has 7 nitrogen and oxygen atoms in total. The molecule has 0 bridgehead atoms. The van der Waals surface area contributed by atoms with E-state index in [0.717, 1.165) is 19.3 Å². The SMILES string of the molecule is CCCCCCCCCCCCCCCC(=O)OCC(O)CO[PH](O)(O)O. The van der Waals surface area contributed by atoms with E-state index in [1.807, 2.05) is 0 Å². The minimum absolute atomic E-state index is 0.290. The van der Waals surface area contributed by atoms with Crippen LogP contribution in [0, 0.1) is 0 Å². The van der Waals surface area contributed by atoms with E-state index >= 15 is 0 Å². The van der Waals surface area contributed by atoms with Crippen LogP contribution >= 0.6 is 8.17 Å². The maximum absolute atomic E-state index is 11.5. The summed E-state index contributed by atoms with van der Waals surface area (Å²) in [5.74, 6) is -0.391. The van der Waals surface area contributed by atoms with Gasteiger partial charge < -0.3 is 0 Å². The fraction of sp³-hybridized carbons (Fsp3) is 0.947. The summed E-state index contributed by atoms with van der Waals surface area (Å²) in [4.78, 5) is 37.5. The van der Waals surface area contributed by atoms with Gasteiger partial charge >= 0.3 is 106 Å². The molecule has 0 spiro atoms. The van der Waals surface area contributed by atoms with Gasteiger partial charge in [0.15, 0.2) is 0 Å². The summed E-state index contributed by atoms with van der Waals surface area (Å²) in [6.07, 6.45) is 15.2. The van der Waals surface area contributed by atoms with Crippen molar-refractivity contribution in [2.45, 2.75) is 103 Å². The van der Waals surface area contributed by atoms with Crippen molar-refractivity contribution in [3.05, 3.63) is 0 Å². The van der Waals surface area contributed by atoms with Crippen molar-refractivity contribution < 1.29 is 33.8 Å². The van der Waals surface area contributed by atoms with Gasteiger partial charge in [0.1, 0.15) is 0 Å². The topological polar surface area (TPSA) is 116 Å². The van der Waals surface area contributed by atoms with Gasteiger partial charge in [0.05, 0.1) is 0 Å². The third kappa shape index (κ3) is 21.9. The first-order valence-corrected chi connectivity index (χ1v) is 12.2. The first-order chi connectivity index (χ1) is 12.8. The Hall–Kier alpha value is -0.300. The van der Waals surface area contributed by atoms with E-state index in [1.165, 1.54) is 64.2 Å². The monoisotopic (exact) mass is 412 g/mol. The van der Waals surface area contributed by atoms with Gasteiger partial charge in [-0.25, -0.2) is 0 Å². The van der Waals surface area contributed by atoms with E-state index in [1.54, 1.807) is 0 Å². The second kappa shape index (κ2) is 17.8. The zero-order valence-electron chi connectivity index (χ0n) is 16.9. The number of rotatable bonds is 19. The summed E-state index contributed by atoms with van der Waals surface area (Å²) >= 11 is 0. The van der Waals surface area contributed by atoms with Crippen LogP contribution in [0.5, 0.6) is 0 Å². The molecule has 0 saturated carbocycles. The molecule has 8 heteroatoms. The van der Waals surface area contributed by atoms with Gasteiger partial charge in [-0.2, -0.15) is 0 Å². The number of esters is 1. The summed E-state index contributed by atoms with van der Waals surface area (Å²) < 4.78 is 9.15. The Morgan fingerprint density at radius 2 is 1.22 bits per heavy atom. The Balaban J connectivity index is 3.32. The molecule has 1 atom stereocenters. The van der Waals surface area contributed by atoms with Crippen molar-refractivity contribution in [2.24, 2.45) is 0 Å². The van der Waals surface area contributed by atoms with Crippen LogP contribution < -0.4 is 0 Å². The van der Waals surface area contributed by atoms with Crippen LogP contribution in [0.4, 0.5) is 0 Å². The molecule has 0 radical (unpaired) electrons. The average Bonchev–Trinajstić information content (AvgIpc) is 2.61. The molecular weight excluding hydrogens is 371 g/mol. The molecule has 0 aliphatic carbocycles. The third-order valence-electron chi connectivity index (χ3n) is 4.39. The first kappa shape index (κ1) is 26.7. The summed E-state index contributed by atoms with van der Waals surface area (Å²) in [5.41, 5.74) is 0. The standard InChI is InChI=1S/C19H41O7P/c1-2-3-4-5-6-7-8-9-10-11-12-13-14-15-19(21)25-16-18(20)17-26-27(22,23)24/h18,20,22-24,27H,2-17H2,1H3. The van der Waals surface area contributed by atoms with Gasteiger partial charge in [-0.3, -0.25) is 0 Å². The Bertz CT molecular complexity index is 347. The molecule has 27 heavy (non-hydrogen) atoms. The molecular formula is C19H41O7P. The van der Waals surface area contributed by atoms with Gasteiger partial charge in [-0.15, -0.1) is 0 Å².